The van der Waals surface area contributed by atoms with Gasteiger partial charge in [0.1, 0.15) is 18.6 Å². The van der Waals surface area contributed by atoms with Gasteiger partial charge in [-0.3, -0.25) is 23.9 Å². The molecule has 2 unspecified atom stereocenters. The molecule has 13 heteroatoms. The zero-order valence-corrected chi connectivity index (χ0v) is 29.4. The lowest BCUT2D eigenvalue weighted by molar-refractivity contribution is -0.145. The van der Waals surface area contributed by atoms with Crippen molar-refractivity contribution in [3.8, 4) is 17.7 Å². The van der Waals surface area contributed by atoms with Gasteiger partial charge in [-0.1, -0.05) is 109 Å². The van der Waals surface area contributed by atoms with Crippen LogP contribution in [0, 0.1) is 11.3 Å². The Morgan fingerprint density at radius 3 is 2.06 bits per heavy atom. The summed E-state index contributed by atoms with van der Waals surface area (Å²) >= 11 is 5.90. The van der Waals surface area contributed by atoms with E-state index < -0.39 is 23.8 Å². The summed E-state index contributed by atoms with van der Waals surface area (Å²) in [5, 5.41) is 11.9. The van der Waals surface area contributed by atoms with Crippen LogP contribution in [0.3, 0.4) is 0 Å². The van der Waals surface area contributed by atoms with E-state index in [2.05, 4.69) is 62.7 Å². The number of ether oxygens (including phenoxy) is 3. The normalized spacial score (nSPS) is 16.2. The fourth-order valence-electron chi connectivity index (χ4n) is 6.77. The van der Waals surface area contributed by atoms with Crippen LogP contribution in [0.25, 0.3) is 11.2 Å². The van der Waals surface area contributed by atoms with Gasteiger partial charge < -0.3 is 14.2 Å². The number of hydrogen-bond acceptors (Lipinski definition) is 10. The van der Waals surface area contributed by atoms with Crippen LogP contribution in [0.2, 0.25) is 0 Å². The first-order valence-corrected chi connectivity index (χ1v) is 17.4. The summed E-state index contributed by atoms with van der Waals surface area (Å²) in [5.74, 6) is 0.168. The number of nitriles is 1. The van der Waals surface area contributed by atoms with Crippen LogP contribution in [0.15, 0.2) is 128 Å². The third-order valence-corrected chi connectivity index (χ3v) is 9.09. The van der Waals surface area contributed by atoms with Crippen LogP contribution >= 0.6 is 11.9 Å². The maximum atomic E-state index is 13.0. The Morgan fingerprint density at radius 1 is 0.868 bits per heavy atom. The van der Waals surface area contributed by atoms with Crippen molar-refractivity contribution in [3.63, 3.8) is 0 Å². The number of halogens is 1. The molecular weight excluding hydrogens is 694 g/mol. The lowest BCUT2D eigenvalue weighted by Crippen LogP contribution is -2.57. The van der Waals surface area contributed by atoms with Crippen LogP contribution in [0.4, 0.5) is 5.95 Å². The highest BCUT2D eigenvalue weighted by atomic mass is 35.5. The summed E-state index contributed by atoms with van der Waals surface area (Å²) in [6.45, 7) is 0.752. The number of hydrogen-bond donors (Lipinski definition) is 1. The number of imidazole rings is 1. The topological polar surface area (TPSA) is 137 Å². The maximum Gasteiger partial charge on any atom is 0.264 e. The summed E-state index contributed by atoms with van der Waals surface area (Å²) in [4.78, 5) is 29.2. The van der Waals surface area contributed by atoms with E-state index in [-0.39, 0.29) is 38.1 Å². The number of morpholine rings is 1. The van der Waals surface area contributed by atoms with E-state index in [1.54, 1.807) is 23.0 Å². The molecule has 0 spiro atoms. The molecule has 1 saturated heterocycles. The molecule has 4 aromatic carbocycles. The van der Waals surface area contributed by atoms with Crippen molar-refractivity contribution in [2.75, 3.05) is 38.2 Å². The second kappa shape index (κ2) is 16.7. The summed E-state index contributed by atoms with van der Waals surface area (Å²) in [7, 11) is 0. The summed E-state index contributed by atoms with van der Waals surface area (Å²) < 4.78 is 25.2. The van der Waals surface area contributed by atoms with Crippen molar-refractivity contribution < 1.29 is 23.3 Å². The van der Waals surface area contributed by atoms with Gasteiger partial charge in [0, 0.05) is 13.1 Å². The van der Waals surface area contributed by atoms with Gasteiger partial charge in [0.25, 0.3) is 5.91 Å². The molecule has 1 aliphatic rings. The molecule has 2 atom stereocenters. The highest BCUT2D eigenvalue weighted by Crippen LogP contribution is 2.45. The fourth-order valence-corrected chi connectivity index (χ4v) is 6.91. The molecule has 1 amide bonds. The van der Waals surface area contributed by atoms with Gasteiger partial charge in [0.2, 0.25) is 11.8 Å². The molecule has 0 aliphatic carbocycles. The highest BCUT2D eigenvalue weighted by molar-refractivity contribution is 6.07. The quantitative estimate of drug-likeness (QED) is 0.0978. The first kappa shape index (κ1) is 35.6. The Kier molecular flexibility index (Phi) is 11.2. The van der Waals surface area contributed by atoms with Crippen LogP contribution in [-0.4, -0.2) is 69.3 Å². The van der Waals surface area contributed by atoms with E-state index in [1.807, 2.05) is 72.8 Å². The Bertz CT molecular complexity index is 2050. The Hall–Kier alpha value is -5.84. The van der Waals surface area contributed by atoms with Gasteiger partial charge in [0.15, 0.2) is 17.8 Å². The van der Waals surface area contributed by atoms with Crippen molar-refractivity contribution in [1.82, 2.24) is 24.4 Å². The van der Waals surface area contributed by atoms with Crippen molar-refractivity contribution in [3.05, 3.63) is 144 Å². The fraction of sp³-hybridized carbons (Fsp3) is 0.225. The summed E-state index contributed by atoms with van der Waals surface area (Å²) in [6, 6.07) is 42.2. The second-order valence-electron chi connectivity index (χ2n) is 12.3. The average molecular weight is 730 g/mol. The van der Waals surface area contributed by atoms with Crippen LogP contribution in [0.5, 0.6) is 11.6 Å². The van der Waals surface area contributed by atoms with Gasteiger partial charge in [-0.05, 0) is 28.8 Å². The first-order chi connectivity index (χ1) is 26.1. The maximum absolute atomic E-state index is 13.0. The van der Waals surface area contributed by atoms with E-state index in [9.17, 15) is 10.1 Å². The number of aromatic nitrogens is 4. The standard InChI is InChI=1S/C40H36ClN7O5/c41-52-26-33-24-47(40(29-14-5-1-6-15-29,30-16-7-2-8-17-30)31-18-9-3-10-19-31)25-35(53-33)48-28-43-36-37(48)45-39(46-38(36)50-23-13-22-42)44-34(49)27-51-32-20-11-4-12-21-32/h1-12,14-21,28,33,35H,13,23-27H2,(H,44,45,46,49). The van der Waals surface area contributed by atoms with E-state index in [0.29, 0.717) is 30.0 Å². The molecule has 268 valence electrons. The molecule has 0 bridgehead atoms. The van der Waals surface area contributed by atoms with Crippen LogP contribution in [0.1, 0.15) is 29.3 Å². The number of rotatable bonds is 14. The smallest absolute Gasteiger partial charge is 0.264 e. The minimum atomic E-state index is -0.759. The molecule has 7 rings (SSSR count). The molecule has 1 aliphatic heterocycles. The third kappa shape index (κ3) is 7.69. The van der Waals surface area contributed by atoms with Gasteiger partial charge >= 0.3 is 0 Å². The van der Waals surface area contributed by atoms with Gasteiger partial charge in [-0.15, -0.1) is 0 Å². The van der Waals surface area contributed by atoms with Crippen molar-refractivity contribution in [2.45, 2.75) is 24.3 Å². The zero-order valence-electron chi connectivity index (χ0n) is 28.6. The van der Waals surface area contributed by atoms with Gasteiger partial charge in [0.05, 0.1) is 48.9 Å². The minimum Gasteiger partial charge on any atom is -0.484 e. The number of carbonyl (C=O) groups excluding carboxylic acids is 1. The Balaban J connectivity index is 1.30. The van der Waals surface area contributed by atoms with E-state index in [0.717, 1.165) is 16.7 Å². The van der Waals surface area contributed by atoms with Crippen molar-refractivity contribution >= 4 is 34.9 Å². The van der Waals surface area contributed by atoms with Crippen molar-refractivity contribution in [2.24, 2.45) is 0 Å². The number of carbonyl (C=O) groups is 1. The molecule has 53 heavy (non-hydrogen) atoms. The lowest BCUT2D eigenvalue weighted by atomic mass is 9.75. The number of benzene rings is 4. The summed E-state index contributed by atoms with van der Waals surface area (Å²) in [6.07, 6.45) is 0.609. The number of amides is 1. The third-order valence-electron chi connectivity index (χ3n) is 8.96. The predicted molar refractivity (Wildman–Crippen MR) is 198 cm³/mol. The molecule has 6 aromatic rings. The highest BCUT2D eigenvalue weighted by Gasteiger charge is 2.46. The average Bonchev–Trinajstić information content (AvgIpc) is 3.64. The summed E-state index contributed by atoms with van der Waals surface area (Å²) in [5.41, 5.74) is 3.14. The van der Waals surface area contributed by atoms with Gasteiger partial charge in [-0.2, -0.15) is 15.2 Å². The zero-order chi connectivity index (χ0) is 36.5. The molecule has 2 aromatic heterocycles. The molecule has 1 N–H and O–H groups in total. The molecule has 1 fully saturated rings. The second-order valence-corrected chi connectivity index (χ2v) is 12.5. The van der Waals surface area contributed by atoms with Gasteiger partial charge in [-0.25, -0.2) is 4.98 Å². The molecule has 3 heterocycles. The first-order valence-electron chi connectivity index (χ1n) is 17.1. The molecule has 0 saturated carbocycles. The van der Waals surface area contributed by atoms with Crippen LogP contribution < -0.4 is 14.8 Å². The molecular formula is C40H36ClN7O5. The Labute approximate surface area is 311 Å². The minimum absolute atomic E-state index is 0.0200. The predicted octanol–water partition coefficient (Wildman–Crippen LogP) is 6.50. The number of nitrogens with one attached hydrogen (secondary N) is 1. The number of fused-ring (bicyclic) bond motifs is 1. The molecule has 12 nitrogen and oxygen atoms in total. The number of nitrogens with zero attached hydrogens (tertiary/aromatic N) is 6. The van der Waals surface area contributed by atoms with E-state index in [1.165, 1.54) is 0 Å². The Morgan fingerprint density at radius 2 is 1.47 bits per heavy atom. The number of para-hydroxylation sites is 1. The molecule has 0 radical (unpaired) electrons. The van der Waals surface area contributed by atoms with E-state index >= 15 is 0 Å². The lowest BCUT2D eigenvalue weighted by Gasteiger charge is -2.50. The van der Waals surface area contributed by atoms with Crippen molar-refractivity contribution in [1.29, 1.82) is 5.26 Å². The monoisotopic (exact) mass is 729 g/mol. The van der Waals surface area contributed by atoms with Crippen LogP contribution in [-0.2, 0) is 19.4 Å². The largest absolute Gasteiger partial charge is 0.484 e. The SMILES string of the molecule is N#CCCOc1nc(NC(=O)COc2ccccc2)nc2c1ncn2C1CN(C(c2ccccc2)(c2ccccc2)c2ccccc2)CC(COCl)O1. The van der Waals surface area contributed by atoms with E-state index in [4.69, 9.17) is 35.3 Å². The number of anilines is 1.